The van der Waals surface area contributed by atoms with Crippen LogP contribution < -0.4 is 10.6 Å². The largest absolute Gasteiger partial charge is 0.334 e. The fraction of sp³-hybridized carbons (Fsp3) is 0.105. The van der Waals surface area contributed by atoms with Crippen LogP contribution in [0.2, 0.25) is 0 Å². The maximum Gasteiger partial charge on any atom is 0.315 e. The summed E-state index contributed by atoms with van der Waals surface area (Å²) in [6.45, 7) is 0.689. The van der Waals surface area contributed by atoms with E-state index in [-0.39, 0.29) is 6.03 Å². The maximum absolute atomic E-state index is 12.2. The highest BCUT2D eigenvalue weighted by Crippen LogP contribution is 2.21. The summed E-state index contributed by atoms with van der Waals surface area (Å²) in [4.78, 5) is 25.0. The van der Waals surface area contributed by atoms with Gasteiger partial charge < -0.3 is 10.6 Å². The molecule has 0 saturated carbocycles. The number of aromatic nitrogens is 5. The second-order valence-corrected chi connectivity index (χ2v) is 6.80. The molecule has 4 aromatic rings. The number of amides is 2. The minimum atomic E-state index is -0.273. The first kappa shape index (κ1) is 17.8. The van der Waals surface area contributed by atoms with Crippen LogP contribution in [-0.2, 0) is 13.1 Å². The second kappa shape index (κ2) is 8.40. The third-order valence-electron chi connectivity index (χ3n) is 3.96. The number of benzene rings is 1. The molecule has 3 heterocycles. The molecular formula is C19H17N7OS. The lowest BCUT2D eigenvalue weighted by Crippen LogP contribution is -2.34. The van der Waals surface area contributed by atoms with Crippen molar-refractivity contribution in [2.75, 3.05) is 0 Å². The van der Waals surface area contributed by atoms with E-state index < -0.39 is 0 Å². The van der Waals surface area contributed by atoms with E-state index in [0.29, 0.717) is 18.9 Å². The first-order valence-electron chi connectivity index (χ1n) is 8.60. The Morgan fingerprint density at radius 3 is 2.75 bits per heavy atom. The lowest BCUT2D eigenvalue weighted by molar-refractivity contribution is 0.240. The molecule has 0 unspecified atom stereocenters. The summed E-state index contributed by atoms with van der Waals surface area (Å²) in [7, 11) is 0. The van der Waals surface area contributed by atoms with Crippen molar-refractivity contribution in [3.8, 4) is 17.1 Å². The monoisotopic (exact) mass is 391 g/mol. The second-order valence-electron chi connectivity index (χ2n) is 5.85. The zero-order valence-corrected chi connectivity index (χ0v) is 15.6. The fourth-order valence-electron chi connectivity index (χ4n) is 2.62. The van der Waals surface area contributed by atoms with Crippen LogP contribution in [0.3, 0.4) is 0 Å². The van der Waals surface area contributed by atoms with Crippen LogP contribution in [0.25, 0.3) is 17.1 Å². The van der Waals surface area contributed by atoms with Gasteiger partial charge in [-0.25, -0.2) is 24.4 Å². The molecule has 2 amide bonds. The highest BCUT2D eigenvalue weighted by Gasteiger charge is 2.09. The van der Waals surface area contributed by atoms with Crippen LogP contribution in [-0.4, -0.2) is 30.8 Å². The minimum Gasteiger partial charge on any atom is -0.334 e. The Morgan fingerprint density at radius 2 is 1.93 bits per heavy atom. The number of urea groups is 1. The molecule has 3 aromatic heterocycles. The van der Waals surface area contributed by atoms with Gasteiger partial charge in [-0.05, 0) is 6.07 Å². The van der Waals surface area contributed by atoms with Crippen LogP contribution in [0.1, 0.15) is 10.6 Å². The number of nitrogens with zero attached hydrogens (tertiary/aromatic N) is 5. The van der Waals surface area contributed by atoms with E-state index in [2.05, 4.69) is 30.7 Å². The molecule has 0 atom stereocenters. The van der Waals surface area contributed by atoms with Crippen molar-refractivity contribution >= 4 is 17.4 Å². The van der Waals surface area contributed by atoms with E-state index in [4.69, 9.17) is 0 Å². The number of carbonyl (C=O) groups excluding carboxylic acids is 1. The van der Waals surface area contributed by atoms with Crippen molar-refractivity contribution in [2.45, 2.75) is 13.1 Å². The van der Waals surface area contributed by atoms with E-state index in [1.165, 1.54) is 17.7 Å². The normalized spacial score (nSPS) is 10.6. The van der Waals surface area contributed by atoms with E-state index in [0.717, 1.165) is 21.8 Å². The summed E-state index contributed by atoms with van der Waals surface area (Å²) < 4.78 is 1.57. The van der Waals surface area contributed by atoms with Gasteiger partial charge in [-0.15, -0.1) is 11.3 Å². The molecular weight excluding hydrogens is 374 g/mol. The highest BCUT2D eigenvalue weighted by molar-refractivity contribution is 7.09. The third-order valence-corrected chi connectivity index (χ3v) is 4.81. The molecule has 2 N–H and O–H groups in total. The van der Waals surface area contributed by atoms with Crippen molar-refractivity contribution in [1.82, 2.24) is 35.4 Å². The predicted molar refractivity (Wildman–Crippen MR) is 106 cm³/mol. The predicted octanol–water partition coefficient (Wildman–Crippen LogP) is 2.79. The number of hydrogen-bond acceptors (Lipinski definition) is 6. The molecule has 4 rings (SSSR count). The van der Waals surface area contributed by atoms with E-state index in [1.54, 1.807) is 17.2 Å². The molecule has 1 aromatic carbocycles. The summed E-state index contributed by atoms with van der Waals surface area (Å²) in [6.07, 6.45) is 4.68. The third kappa shape index (κ3) is 4.21. The van der Waals surface area contributed by atoms with Crippen LogP contribution in [0.5, 0.6) is 0 Å². The van der Waals surface area contributed by atoms with Gasteiger partial charge in [0.25, 0.3) is 0 Å². The van der Waals surface area contributed by atoms with Gasteiger partial charge in [0.05, 0.1) is 12.2 Å². The van der Waals surface area contributed by atoms with Crippen molar-refractivity contribution in [3.63, 3.8) is 0 Å². The van der Waals surface area contributed by atoms with E-state index in [9.17, 15) is 4.79 Å². The quantitative estimate of drug-likeness (QED) is 0.527. The van der Waals surface area contributed by atoms with E-state index >= 15 is 0 Å². The van der Waals surface area contributed by atoms with Crippen molar-refractivity contribution in [1.29, 1.82) is 0 Å². The van der Waals surface area contributed by atoms with Crippen molar-refractivity contribution in [3.05, 3.63) is 77.3 Å². The van der Waals surface area contributed by atoms with Gasteiger partial charge in [-0.3, -0.25) is 0 Å². The van der Waals surface area contributed by atoms with Gasteiger partial charge in [0, 0.05) is 29.2 Å². The molecule has 0 spiro atoms. The van der Waals surface area contributed by atoms with Gasteiger partial charge in [0.2, 0.25) is 0 Å². The first-order chi connectivity index (χ1) is 13.8. The van der Waals surface area contributed by atoms with Crippen LogP contribution >= 0.6 is 11.3 Å². The number of carbonyl (C=O) groups is 1. The molecule has 8 nitrogen and oxygen atoms in total. The number of hydrogen-bond donors (Lipinski definition) is 2. The Bertz CT molecular complexity index is 1050. The highest BCUT2D eigenvalue weighted by atomic mass is 32.1. The standard InChI is InChI=1S/C19H17N7OS/c27-19(22-9-15-7-4-8-21-18(15)26-13-20-12-24-26)23-10-17-25-16(11-28-17)14-5-2-1-3-6-14/h1-8,11-13H,9-10H2,(H2,22,23,27). The fourth-order valence-corrected chi connectivity index (χ4v) is 3.36. The average Bonchev–Trinajstić information content (AvgIpc) is 3.44. The topological polar surface area (TPSA) is 97.6 Å². The van der Waals surface area contributed by atoms with Crippen molar-refractivity contribution in [2.24, 2.45) is 0 Å². The molecule has 0 bridgehead atoms. The van der Waals surface area contributed by atoms with Gasteiger partial charge in [-0.2, -0.15) is 5.10 Å². The van der Waals surface area contributed by atoms with E-state index in [1.807, 2.05) is 47.8 Å². The molecule has 140 valence electrons. The summed E-state index contributed by atoms with van der Waals surface area (Å²) in [5.74, 6) is 0.632. The van der Waals surface area contributed by atoms with Crippen LogP contribution in [0.4, 0.5) is 4.79 Å². The Hall–Kier alpha value is -3.59. The molecule has 0 radical (unpaired) electrons. The summed E-state index contributed by atoms with van der Waals surface area (Å²) in [5.41, 5.74) is 2.81. The Kier molecular flexibility index (Phi) is 5.34. The number of thiazole rings is 1. The minimum absolute atomic E-state index is 0.273. The summed E-state index contributed by atoms with van der Waals surface area (Å²) in [6, 6.07) is 13.4. The van der Waals surface area contributed by atoms with Gasteiger partial charge in [0.1, 0.15) is 17.7 Å². The maximum atomic E-state index is 12.2. The molecule has 0 saturated heterocycles. The Morgan fingerprint density at radius 1 is 1.07 bits per heavy atom. The average molecular weight is 391 g/mol. The summed E-state index contributed by atoms with van der Waals surface area (Å²) in [5, 5.41) is 12.6. The molecule has 9 heteroatoms. The molecule has 0 aliphatic rings. The van der Waals surface area contributed by atoms with Gasteiger partial charge >= 0.3 is 6.03 Å². The first-order valence-corrected chi connectivity index (χ1v) is 9.48. The zero-order valence-electron chi connectivity index (χ0n) is 14.8. The molecule has 28 heavy (non-hydrogen) atoms. The molecule has 0 fully saturated rings. The molecule has 0 aliphatic heterocycles. The SMILES string of the molecule is O=C(NCc1nc(-c2ccccc2)cs1)NCc1cccnc1-n1cncn1. The van der Waals surface area contributed by atoms with Gasteiger partial charge in [-0.1, -0.05) is 36.4 Å². The van der Waals surface area contributed by atoms with Gasteiger partial charge in [0.15, 0.2) is 5.82 Å². The smallest absolute Gasteiger partial charge is 0.315 e. The number of pyridine rings is 1. The number of rotatable bonds is 6. The molecule has 0 aliphatic carbocycles. The van der Waals surface area contributed by atoms with Crippen LogP contribution in [0.15, 0.2) is 66.7 Å². The lowest BCUT2D eigenvalue weighted by Gasteiger charge is -2.09. The summed E-state index contributed by atoms with van der Waals surface area (Å²) >= 11 is 1.52. The Balaban J connectivity index is 1.32. The number of nitrogens with one attached hydrogen (secondary N) is 2. The van der Waals surface area contributed by atoms with Crippen molar-refractivity contribution < 1.29 is 4.79 Å². The van der Waals surface area contributed by atoms with Crippen LogP contribution in [0, 0.1) is 0 Å². The zero-order chi connectivity index (χ0) is 19.2. The lowest BCUT2D eigenvalue weighted by atomic mass is 10.2. The Labute approximate surface area is 165 Å².